The number of aromatic nitrogens is 1. The lowest BCUT2D eigenvalue weighted by Crippen LogP contribution is -2.13. The molecule has 0 bridgehead atoms. The van der Waals surface area contributed by atoms with Gasteiger partial charge in [-0.15, -0.1) is 11.3 Å². The van der Waals surface area contributed by atoms with Crippen molar-refractivity contribution in [3.8, 4) is 11.5 Å². The molecule has 2 heterocycles. The zero-order valence-corrected chi connectivity index (χ0v) is 14.4. The van der Waals surface area contributed by atoms with Crippen LogP contribution < -0.4 is 4.80 Å². The molecule has 0 aliphatic rings. The summed E-state index contributed by atoms with van der Waals surface area (Å²) in [5.74, 6) is 0.759. The Bertz CT molecular complexity index is 891. The van der Waals surface area contributed by atoms with Crippen LogP contribution in [0.5, 0.6) is 0 Å². The molecule has 0 spiro atoms. The highest BCUT2D eigenvalue weighted by Gasteiger charge is 2.10. The highest BCUT2D eigenvalue weighted by Crippen LogP contribution is 2.25. The van der Waals surface area contributed by atoms with Gasteiger partial charge in [0.05, 0.1) is 17.0 Å². The Morgan fingerprint density at radius 2 is 2.09 bits per heavy atom. The summed E-state index contributed by atoms with van der Waals surface area (Å²) < 4.78 is 7.32. The maximum Gasteiger partial charge on any atom is 0.211 e. The van der Waals surface area contributed by atoms with Gasteiger partial charge in [0.1, 0.15) is 5.69 Å². The van der Waals surface area contributed by atoms with Crippen LogP contribution in [0.15, 0.2) is 62.6 Å². The van der Waals surface area contributed by atoms with E-state index in [-0.39, 0.29) is 0 Å². The van der Waals surface area contributed by atoms with Crippen LogP contribution in [0.4, 0.5) is 5.69 Å². The lowest BCUT2D eigenvalue weighted by atomic mass is 10.3. The predicted molar refractivity (Wildman–Crippen MR) is 95.5 cm³/mol. The number of para-hydroxylation sites is 1. The standard InChI is InChI=1S/C17H16ClN3OS/c1-3-12(2)20-21-15(16-9-6-10-22-16)11-23-17(21)19-14-8-5-4-7-13(14)18/h4-11H,3H2,1-2H3. The van der Waals surface area contributed by atoms with E-state index in [1.165, 1.54) is 11.3 Å². The summed E-state index contributed by atoms with van der Waals surface area (Å²) >= 11 is 7.71. The lowest BCUT2D eigenvalue weighted by Gasteiger charge is -2.03. The van der Waals surface area contributed by atoms with Crippen molar-refractivity contribution >= 4 is 34.3 Å². The largest absolute Gasteiger partial charge is 0.463 e. The fourth-order valence-electron chi connectivity index (χ4n) is 1.96. The van der Waals surface area contributed by atoms with Crippen LogP contribution in [0.2, 0.25) is 5.02 Å². The number of benzene rings is 1. The molecular formula is C17H16ClN3OS. The molecule has 0 amide bonds. The first kappa shape index (κ1) is 15.8. The zero-order chi connectivity index (χ0) is 16.2. The number of furan rings is 1. The van der Waals surface area contributed by atoms with Gasteiger partial charge >= 0.3 is 0 Å². The quantitative estimate of drug-likeness (QED) is 0.589. The third-order valence-corrected chi connectivity index (χ3v) is 4.45. The van der Waals surface area contributed by atoms with Gasteiger partial charge in [-0.1, -0.05) is 30.7 Å². The van der Waals surface area contributed by atoms with Gasteiger partial charge in [0.25, 0.3) is 0 Å². The minimum absolute atomic E-state index is 0.614. The van der Waals surface area contributed by atoms with Gasteiger partial charge in [-0.3, -0.25) is 0 Å². The van der Waals surface area contributed by atoms with Crippen LogP contribution in [0.3, 0.4) is 0 Å². The molecule has 0 fully saturated rings. The van der Waals surface area contributed by atoms with Gasteiger partial charge < -0.3 is 4.42 Å². The van der Waals surface area contributed by atoms with E-state index in [0.717, 1.165) is 34.1 Å². The summed E-state index contributed by atoms with van der Waals surface area (Å²) in [6.07, 6.45) is 2.52. The van der Waals surface area contributed by atoms with Crippen LogP contribution >= 0.6 is 22.9 Å². The van der Waals surface area contributed by atoms with E-state index in [9.17, 15) is 0 Å². The summed E-state index contributed by atoms with van der Waals surface area (Å²) in [5.41, 5.74) is 2.61. The van der Waals surface area contributed by atoms with E-state index in [1.807, 2.05) is 53.4 Å². The molecule has 23 heavy (non-hydrogen) atoms. The van der Waals surface area contributed by atoms with E-state index >= 15 is 0 Å². The van der Waals surface area contributed by atoms with Gasteiger partial charge in [-0.25, -0.2) is 9.67 Å². The summed E-state index contributed by atoms with van der Waals surface area (Å²) in [5, 5.41) is 7.27. The molecule has 0 aliphatic carbocycles. The Morgan fingerprint density at radius 1 is 1.26 bits per heavy atom. The lowest BCUT2D eigenvalue weighted by molar-refractivity contribution is 0.575. The number of nitrogens with zero attached hydrogens (tertiary/aromatic N) is 3. The zero-order valence-electron chi connectivity index (χ0n) is 12.9. The SMILES string of the molecule is CCC(C)=Nn1c(-c2ccco2)csc1=Nc1ccccc1Cl. The first-order chi connectivity index (χ1) is 11.2. The van der Waals surface area contributed by atoms with Crippen molar-refractivity contribution in [1.82, 2.24) is 4.68 Å². The third kappa shape index (κ3) is 3.46. The van der Waals surface area contributed by atoms with Gasteiger partial charge in [0, 0.05) is 11.1 Å². The van der Waals surface area contributed by atoms with Gasteiger partial charge in [0.2, 0.25) is 4.80 Å². The van der Waals surface area contributed by atoms with E-state index < -0.39 is 0 Å². The van der Waals surface area contributed by atoms with Gasteiger partial charge in [-0.2, -0.15) is 5.10 Å². The van der Waals surface area contributed by atoms with Crippen molar-refractivity contribution < 1.29 is 4.42 Å². The molecule has 2 aromatic heterocycles. The second kappa shape index (κ2) is 6.98. The second-order valence-corrected chi connectivity index (χ2v) is 6.19. The molecule has 0 unspecified atom stereocenters. The maximum atomic E-state index is 6.21. The predicted octanol–water partition coefficient (Wildman–Crippen LogP) is 5.33. The molecule has 0 saturated heterocycles. The molecule has 0 saturated carbocycles. The highest BCUT2D eigenvalue weighted by molar-refractivity contribution is 7.07. The first-order valence-electron chi connectivity index (χ1n) is 7.27. The van der Waals surface area contributed by atoms with Gasteiger partial charge in [-0.05, 0) is 37.6 Å². The van der Waals surface area contributed by atoms with E-state index in [2.05, 4.69) is 17.0 Å². The van der Waals surface area contributed by atoms with Crippen LogP contribution in [0.25, 0.3) is 11.5 Å². The maximum absolute atomic E-state index is 6.21. The van der Waals surface area contributed by atoms with Gasteiger partial charge in [0.15, 0.2) is 5.76 Å². The summed E-state index contributed by atoms with van der Waals surface area (Å²) in [6.45, 7) is 4.07. The Balaban J connectivity index is 2.20. The molecule has 0 atom stereocenters. The molecule has 4 nitrogen and oxygen atoms in total. The fourth-order valence-corrected chi connectivity index (χ4v) is 2.96. The highest BCUT2D eigenvalue weighted by atomic mass is 35.5. The monoisotopic (exact) mass is 345 g/mol. The molecule has 1 aromatic carbocycles. The number of hydrogen-bond donors (Lipinski definition) is 0. The van der Waals surface area contributed by atoms with Crippen molar-refractivity contribution in [2.24, 2.45) is 10.1 Å². The second-order valence-electron chi connectivity index (χ2n) is 4.94. The molecule has 0 aliphatic heterocycles. The van der Waals surface area contributed by atoms with E-state index in [4.69, 9.17) is 16.0 Å². The molecule has 0 N–H and O–H groups in total. The normalized spacial score (nSPS) is 12.8. The van der Waals surface area contributed by atoms with Crippen molar-refractivity contribution in [3.05, 3.63) is 57.9 Å². The van der Waals surface area contributed by atoms with E-state index in [1.54, 1.807) is 6.26 Å². The molecule has 3 rings (SSSR count). The number of halogens is 1. The Labute approximate surface area is 143 Å². The Hall–Kier alpha value is -2.11. The van der Waals surface area contributed by atoms with Crippen LogP contribution in [-0.4, -0.2) is 10.4 Å². The number of rotatable bonds is 4. The smallest absolute Gasteiger partial charge is 0.211 e. The van der Waals surface area contributed by atoms with Crippen LogP contribution in [-0.2, 0) is 0 Å². The van der Waals surface area contributed by atoms with Crippen molar-refractivity contribution in [2.75, 3.05) is 0 Å². The number of thiazole rings is 1. The Morgan fingerprint density at radius 3 is 2.78 bits per heavy atom. The topological polar surface area (TPSA) is 42.8 Å². The number of hydrogen-bond acceptors (Lipinski definition) is 4. The van der Waals surface area contributed by atoms with Crippen molar-refractivity contribution in [2.45, 2.75) is 20.3 Å². The van der Waals surface area contributed by atoms with Crippen LogP contribution in [0, 0.1) is 0 Å². The Kier molecular flexibility index (Phi) is 4.79. The molecule has 118 valence electrons. The molecule has 0 radical (unpaired) electrons. The van der Waals surface area contributed by atoms with Crippen molar-refractivity contribution in [1.29, 1.82) is 0 Å². The molecule has 3 aromatic rings. The average molecular weight is 346 g/mol. The average Bonchev–Trinajstić information content (AvgIpc) is 3.20. The van der Waals surface area contributed by atoms with Crippen molar-refractivity contribution in [3.63, 3.8) is 0 Å². The first-order valence-corrected chi connectivity index (χ1v) is 8.53. The third-order valence-electron chi connectivity index (χ3n) is 3.31. The minimum Gasteiger partial charge on any atom is -0.463 e. The summed E-state index contributed by atoms with van der Waals surface area (Å²) in [4.78, 5) is 5.41. The molecule has 6 heteroatoms. The fraction of sp³-hybridized carbons (Fsp3) is 0.176. The summed E-state index contributed by atoms with van der Waals surface area (Å²) in [7, 11) is 0. The van der Waals surface area contributed by atoms with Crippen LogP contribution in [0.1, 0.15) is 20.3 Å². The summed E-state index contributed by atoms with van der Waals surface area (Å²) in [6, 6.07) is 11.3. The minimum atomic E-state index is 0.614. The molecular weight excluding hydrogens is 330 g/mol. The van der Waals surface area contributed by atoms with E-state index in [0.29, 0.717) is 5.02 Å².